The van der Waals surface area contributed by atoms with Crippen LogP contribution in [0.25, 0.3) is 0 Å². The molecule has 1 saturated heterocycles. The summed E-state index contributed by atoms with van der Waals surface area (Å²) in [5, 5.41) is 3.03. The molecule has 1 unspecified atom stereocenters. The Morgan fingerprint density at radius 3 is 2.93 bits per heavy atom. The number of carbonyl (C=O) groups excluding carboxylic acids is 1. The quantitative estimate of drug-likeness (QED) is 0.897. The summed E-state index contributed by atoms with van der Waals surface area (Å²) in [6.07, 6.45) is 7.74. The van der Waals surface area contributed by atoms with Crippen LogP contribution in [0.1, 0.15) is 40.9 Å². The molecule has 2 aromatic heterocycles. The van der Waals surface area contributed by atoms with Gasteiger partial charge in [-0.1, -0.05) is 0 Å². The topological polar surface area (TPSA) is 74.2 Å². The van der Waals surface area contributed by atoms with Crippen molar-refractivity contribution in [1.29, 1.82) is 0 Å². The van der Waals surface area contributed by atoms with Crippen LogP contribution in [0.5, 0.6) is 0 Å². The van der Waals surface area contributed by atoms with E-state index in [1.807, 2.05) is 42.2 Å². The van der Waals surface area contributed by atoms with Crippen LogP contribution in [0, 0.1) is 0 Å². The number of hydrogen-bond acceptors (Lipinski definition) is 6. The lowest BCUT2D eigenvalue weighted by Gasteiger charge is -2.40. The van der Waals surface area contributed by atoms with Crippen molar-refractivity contribution < 1.29 is 4.79 Å². The Kier molecular flexibility index (Phi) is 4.45. The molecule has 3 heterocycles. The van der Waals surface area contributed by atoms with Crippen LogP contribution >= 0.6 is 0 Å². The average molecular weight is 366 g/mol. The number of likely N-dealkylation sites (tertiary alicyclic amines) is 1. The summed E-state index contributed by atoms with van der Waals surface area (Å²) in [6, 6.07) is 3.66. The molecule has 1 spiro atoms. The van der Waals surface area contributed by atoms with Crippen molar-refractivity contribution in [3.8, 4) is 0 Å². The molecule has 0 bridgehead atoms. The van der Waals surface area contributed by atoms with Gasteiger partial charge in [-0.3, -0.25) is 4.79 Å². The highest BCUT2D eigenvalue weighted by Crippen LogP contribution is 2.44. The Balaban J connectivity index is 1.65. The van der Waals surface area contributed by atoms with Gasteiger partial charge in [0.05, 0.1) is 11.3 Å². The van der Waals surface area contributed by atoms with Gasteiger partial charge in [0.1, 0.15) is 5.82 Å². The van der Waals surface area contributed by atoms with Crippen molar-refractivity contribution in [2.24, 2.45) is 0 Å². The first-order valence-electron chi connectivity index (χ1n) is 9.50. The average Bonchev–Trinajstić information content (AvgIpc) is 3.04. The molecule has 0 saturated carbocycles. The smallest absolute Gasteiger partial charge is 0.257 e. The van der Waals surface area contributed by atoms with E-state index in [0.29, 0.717) is 17.9 Å². The predicted octanol–water partition coefficient (Wildman–Crippen LogP) is 2.10. The minimum Gasteiger partial charge on any atom is -0.372 e. The van der Waals surface area contributed by atoms with Crippen LogP contribution in [-0.4, -0.2) is 60.0 Å². The highest BCUT2D eigenvalue weighted by atomic mass is 16.2. The van der Waals surface area contributed by atoms with Crippen LogP contribution < -0.4 is 10.2 Å². The summed E-state index contributed by atoms with van der Waals surface area (Å²) in [4.78, 5) is 30.8. The molecule has 1 N–H and O–H groups in total. The fourth-order valence-corrected chi connectivity index (χ4v) is 4.40. The molecule has 7 heteroatoms. The zero-order chi connectivity index (χ0) is 19.0. The second-order valence-electron chi connectivity index (χ2n) is 7.70. The summed E-state index contributed by atoms with van der Waals surface area (Å²) in [7, 11) is 5.72. The van der Waals surface area contributed by atoms with E-state index >= 15 is 0 Å². The lowest BCUT2D eigenvalue weighted by Crippen LogP contribution is -2.48. The van der Waals surface area contributed by atoms with Gasteiger partial charge in [0.15, 0.2) is 0 Å². The second kappa shape index (κ2) is 6.79. The fraction of sp³-hybridized carbons (Fsp3) is 0.500. The van der Waals surface area contributed by atoms with Crippen LogP contribution in [-0.2, 0) is 11.8 Å². The van der Waals surface area contributed by atoms with Gasteiger partial charge in [0.2, 0.25) is 5.95 Å². The van der Waals surface area contributed by atoms with Crippen molar-refractivity contribution in [2.75, 3.05) is 44.4 Å². The molecule has 1 aliphatic carbocycles. The number of aromatic nitrogens is 3. The molecule has 4 rings (SSSR count). The number of fused-ring (bicyclic) bond motifs is 2. The zero-order valence-electron chi connectivity index (χ0n) is 16.2. The third-order valence-corrected chi connectivity index (χ3v) is 5.77. The largest absolute Gasteiger partial charge is 0.372 e. The van der Waals surface area contributed by atoms with E-state index in [1.54, 1.807) is 13.2 Å². The van der Waals surface area contributed by atoms with Crippen LogP contribution in [0.2, 0.25) is 0 Å². The van der Waals surface area contributed by atoms with Crippen LogP contribution in [0.15, 0.2) is 24.5 Å². The molecule has 1 amide bonds. The summed E-state index contributed by atoms with van der Waals surface area (Å²) in [5.41, 5.74) is 2.94. The fourth-order valence-electron chi connectivity index (χ4n) is 4.40. The number of anilines is 2. The molecule has 1 fully saturated rings. The van der Waals surface area contributed by atoms with Crippen molar-refractivity contribution in [3.63, 3.8) is 0 Å². The maximum atomic E-state index is 13.2. The Morgan fingerprint density at radius 2 is 2.15 bits per heavy atom. The van der Waals surface area contributed by atoms with E-state index in [-0.39, 0.29) is 11.3 Å². The molecule has 0 aromatic carbocycles. The summed E-state index contributed by atoms with van der Waals surface area (Å²) in [5.74, 6) is 1.41. The molecular weight excluding hydrogens is 340 g/mol. The lowest BCUT2D eigenvalue weighted by atomic mass is 9.77. The molecule has 2 aliphatic rings. The van der Waals surface area contributed by atoms with E-state index in [9.17, 15) is 4.79 Å². The first kappa shape index (κ1) is 17.7. The van der Waals surface area contributed by atoms with Gasteiger partial charge in [0, 0.05) is 52.0 Å². The molecule has 142 valence electrons. The number of pyridine rings is 1. The van der Waals surface area contributed by atoms with E-state index in [0.717, 1.165) is 43.9 Å². The van der Waals surface area contributed by atoms with Gasteiger partial charge < -0.3 is 15.1 Å². The monoisotopic (exact) mass is 366 g/mol. The molecule has 2 aromatic rings. The number of hydrogen-bond donors (Lipinski definition) is 1. The van der Waals surface area contributed by atoms with Gasteiger partial charge in [-0.15, -0.1) is 0 Å². The van der Waals surface area contributed by atoms with Crippen molar-refractivity contribution in [1.82, 2.24) is 19.9 Å². The third-order valence-electron chi connectivity index (χ3n) is 5.77. The van der Waals surface area contributed by atoms with E-state index < -0.39 is 0 Å². The number of rotatable bonds is 3. The van der Waals surface area contributed by atoms with Gasteiger partial charge in [-0.25, -0.2) is 15.0 Å². The van der Waals surface area contributed by atoms with Crippen molar-refractivity contribution >= 4 is 17.7 Å². The molecular formula is C20H26N6O. The Morgan fingerprint density at radius 1 is 1.30 bits per heavy atom. The minimum atomic E-state index is -0.0566. The van der Waals surface area contributed by atoms with Gasteiger partial charge in [-0.05, 0) is 43.4 Å². The van der Waals surface area contributed by atoms with Crippen LogP contribution in [0.3, 0.4) is 0 Å². The number of aryl methyl sites for hydroxylation is 1. The number of amides is 1. The van der Waals surface area contributed by atoms with Gasteiger partial charge in [0.25, 0.3) is 5.91 Å². The van der Waals surface area contributed by atoms with Crippen molar-refractivity contribution in [2.45, 2.75) is 31.1 Å². The normalized spacial score (nSPS) is 21.2. The summed E-state index contributed by atoms with van der Waals surface area (Å²) < 4.78 is 0. The number of carbonyl (C=O) groups is 1. The molecule has 1 atom stereocenters. The summed E-state index contributed by atoms with van der Waals surface area (Å²) in [6.45, 7) is 1.49. The third kappa shape index (κ3) is 3.01. The van der Waals surface area contributed by atoms with Crippen molar-refractivity contribution in [3.05, 3.63) is 41.3 Å². The maximum Gasteiger partial charge on any atom is 0.257 e. The Hall–Kier alpha value is -2.70. The van der Waals surface area contributed by atoms with Gasteiger partial charge >= 0.3 is 0 Å². The van der Waals surface area contributed by atoms with Gasteiger partial charge in [-0.2, -0.15) is 0 Å². The first-order chi connectivity index (χ1) is 13.0. The molecule has 0 radical (unpaired) electrons. The maximum absolute atomic E-state index is 13.2. The number of nitrogens with one attached hydrogen (secondary N) is 1. The number of nitrogens with zero attached hydrogens (tertiary/aromatic N) is 5. The van der Waals surface area contributed by atoms with Crippen LogP contribution in [0.4, 0.5) is 11.8 Å². The molecule has 27 heavy (non-hydrogen) atoms. The minimum absolute atomic E-state index is 0.0434. The highest BCUT2D eigenvalue weighted by Gasteiger charge is 2.45. The van der Waals surface area contributed by atoms with E-state index in [1.165, 1.54) is 5.56 Å². The predicted molar refractivity (Wildman–Crippen MR) is 105 cm³/mol. The summed E-state index contributed by atoms with van der Waals surface area (Å²) >= 11 is 0. The Labute approximate surface area is 159 Å². The standard InChI is InChI=1S/C20H26N6O/c1-21-17-15(6-4-10-22-17)18(27)26-11-5-8-20(13-26)9-7-14-12-23-19(25(2)3)24-16(14)20/h4,6,10,12H,5,7-9,11,13H2,1-3H3,(H,21,22). The number of piperidine rings is 1. The molecule has 7 nitrogen and oxygen atoms in total. The van der Waals surface area contributed by atoms with E-state index in [4.69, 9.17) is 4.98 Å². The lowest BCUT2D eigenvalue weighted by molar-refractivity contribution is 0.0634. The van der Waals surface area contributed by atoms with E-state index in [2.05, 4.69) is 15.3 Å². The SMILES string of the molecule is CNc1ncccc1C(=O)N1CCCC2(CCc3cnc(N(C)C)nc32)C1. The second-order valence-corrected chi connectivity index (χ2v) is 7.70. The first-order valence-corrected chi connectivity index (χ1v) is 9.50. The molecule has 1 aliphatic heterocycles. The highest BCUT2D eigenvalue weighted by molar-refractivity contribution is 5.98. The Bertz CT molecular complexity index is 863. The zero-order valence-corrected chi connectivity index (χ0v) is 16.2.